The third-order valence-electron chi connectivity index (χ3n) is 3.92. The van der Waals surface area contributed by atoms with Gasteiger partial charge in [-0.2, -0.15) is 0 Å². The topological polar surface area (TPSA) is 65.5 Å². The Morgan fingerprint density at radius 2 is 1.54 bits per heavy atom. The lowest BCUT2D eigenvalue weighted by atomic mass is 10.1. The van der Waals surface area contributed by atoms with E-state index in [4.69, 9.17) is 0 Å². The van der Waals surface area contributed by atoms with Crippen LogP contribution >= 0.6 is 24.0 Å². The zero-order valence-corrected chi connectivity index (χ0v) is 17.6. The van der Waals surface area contributed by atoms with Crippen molar-refractivity contribution in [1.82, 2.24) is 16.0 Å². The van der Waals surface area contributed by atoms with Gasteiger partial charge in [0.05, 0.1) is 6.54 Å². The molecule has 0 spiro atoms. The molecule has 0 unspecified atom stereocenters. The van der Waals surface area contributed by atoms with Crippen molar-refractivity contribution in [2.75, 3.05) is 13.6 Å². The van der Waals surface area contributed by atoms with E-state index in [1.165, 1.54) is 11.1 Å². The molecule has 0 fully saturated rings. The first-order valence-electron chi connectivity index (χ1n) is 8.54. The van der Waals surface area contributed by atoms with Crippen LogP contribution in [0.5, 0.6) is 0 Å². The molecule has 0 aliphatic carbocycles. The third kappa shape index (κ3) is 7.43. The maximum absolute atomic E-state index is 12.0. The van der Waals surface area contributed by atoms with E-state index >= 15 is 0 Å². The molecule has 0 aliphatic rings. The largest absolute Gasteiger partial charge is 0.352 e. The summed E-state index contributed by atoms with van der Waals surface area (Å²) in [4.78, 5) is 16.1. The van der Waals surface area contributed by atoms with E-state index < -0.39 is 0 Å². The van der Waals surface area contributed by atoms with Gasteiger partial charge in [0, 0.05) is 20.1 Å². The van der Waals surface area contributed by atoms with Crippen molar-refractivity contribution in [2.24, 2.45) is 4.99 Å². The van der Waals surface area contributed by atoms with E-state index in [2.05, 4.69) is 40.0 Å². The number of carbonyl (C=O) groups excluding carboxylic acids is 1. The number of amides is 1. The fraction of sp³-hybridized carbons (Fsp3) is 0.300. The van der Waals surface area contributed by atoms with Gasteiger partial charge >= 0.3 is 0 Å². The van der Waals surface area contributed by atoms with Crippen molar-refractivity contribution in [3.05, 3.63) is 71.3 Å². The smallest absolute Gasteiger partial charge is 0.239 e. The van der Waals surface area contributed by atoms with E-state index in [-0.39, 0.29) is 36.4 Å². The molecule has 140 valence electrons. The fourth-order valence-electron chi connectivity index (χ4n) is 2.50. The Balaban J connectivity index is 0.00000338. The third-order valence-corrected chi connectivity index (χ3v) is 3.92. The second-order valence-electron chi connectivity index (χ2n) is 5.66. The molecule has 1 amide bonds. The maximum atomic E-state index is 12.0. The number of aliphatic imine (C=N–C) groups is 1. The number of halogens is 1. The lowest BCUT2D eigenvalue weighted by Crippen LogP contribution is -2.42. The molecule has 0 aliphatic heterocycles. The average Bonchev–Trinajstić information content (AvgIpc) is 2.67. The van der Waals surface area contributed by atoms with Crippen LogP contribution in [0, 0.1) is 0 Å². The highest BCUT2D eigenvalue weighted by molar-refractivity contribution is 14.0. The van der Waals surface area contributed by atoms with Crippen molar-refractivity contribution in [3.8, 4) is 0 Å². The molecule has 0 saturated carbocycles. The standard InChI is InChI=1S/C20H26N4O.HI/c1-3-17-11-7-8-12-18(17)14-23-20(21-2)24-15-19(25)22-13-16-9-5-4-6-10-16;/h4-12H,3,13-15H2,1-2H3,(H,22,25)(H2,21,23,24);1H. The molecule has 0 atom stereocenters. The number of rotatable bonds is 7. The summed E-state index contributed by atoms with van der Waals surface area (Å²) in [7, 11) is 1.70. The SMILES string of the molecule is CCc1ccccc1CNC(=NC)NCC(=O)NCc1ccccc1.I. The van der Waals surface area contributed by atoms with Crippen molar-refractivity contribution in [3.63, 3.8) is 0 Å². The molecule has 2 rings (SSSR count). The van der Waals surface area contributed by atoms with Crippen LogP contribution in [0.1, 0.15) is 23.6 Å². The summed E-state index contributed by atoms with van der Waals surface area (Å²) in [5.74, 6) is 0.543. The normalized spacial score (nSPS) is 10.6. The first-order valence-corrected chi connectivity index (χ1v) is 8.54. The first kappa shape index (κ1) is 22.0. The lowest BCUT2D eigenvalue weighted by Gasteiger charge is -2.14. The van der Waals surface area contributed by atoms with Gasteiger partial charge < -0.3 is 16.0 Å². The summed E-state index contributed by atoms with van der Waals surface area (Å²) in [6.07, 6.45) is 0.992. The molecule has 2 aromatic carbocycles. The molecule has 0 aromatic heterocycles. The van der Waals surface area contributed by atoms with Gasteiger partial charge in [-0.1, -0.05) is 61.5 Å². The highest BCUT2D eigenvalue weighted by atomic mass is 127. The van der Waals surface area contributed by atoms with E-state index in [9.17, 15) is 4.79 Å². The summed E-state index contributed by atoms with van der Waals surface area (Å²) < 4.78 is 0. The molecule has 6 heteroatoms. The molecule has 3 N–H and O–H groups in total. The Morgan fingerprint density at radius 1 is 0.885 bits per heavy atom. The van der Waals surface area contributed by atoms with Gasteiger partial charge in [-0.05, 0) is 23.1 Å². The molecule has 0 heterocycles. The van der Waals surface area contributed by atoms with Crippen LogP contribution < -0.4 is 16.0 Å². The van der Waals surface area contributed by atoms with E-state index in [1.54, 1.807) is 7.05 Å². The van der Waals surface area contributed by atoms with Gasteiger partial charge in [-0.25, -0.2) is 0 Å². The Morgan fingerprint density at radius 3 is 2.19 bits per heavy atom. The van der Waals surface area contributed by atoms with Gasteiger partial charge in [0.1, 0.15) is 0 Å². The van der Waals surface area contributed by atoms with Gasteiger partial charge in [0.25, 0.3) is 0 Å². The minimum Gasteiger partial charge on any atom is -0.352 e. The second-order valence-corrected chi connectivity index (χ2v) is 5.66. The number of aryl methyl sites for hydroxylation is 1. The number of nitrogens with zero attached hydrogens (tertiary/aromatic N) is 1. The Kier molecular flexibility index (Phi) is 10.4. The predicted molar refractivity (Wildman–Crippen MR) is 118 cm³/mol. The second kappa shape index (κ2) is 12.3. The number of nitrogens with one attached hydrogen (secondary N) is 3. The summed E-state index contributed by atoms with van der Waals surface area (Å²) in [5, 5.41) is 9.17. The number of hydrogen-bond donors (Lipinski definition) is 3. The summed E-state index contributed by atoms with van der Waals surface area (Å²) in [5.41, 5.74) is 3.63. The van der Waals surface area contributed by atoms with Gasteiger partial charge in [-0.3, -0.25) is 9.79 Å². The van der Waals surface area contributed by atoms with Crippen LogP contribution in [-0.4, -0.2) is 25.5 Å². The summed E-state index contributed by atoms with van der Waals surface area (Å²) >= 11 is 0. The first-order chi connectivity index (χ1) is 12.2. The van der Waals surface area contributed by atoms with Crippen LogP contribution in [-0.2, 0) is 24.3 Å². The Hall–Kier alpha value is -2.09. The van der Waals surface area contributed by atoms with Crippen LogP contribution in [0.25, 0.3) is 0 Å². The predicted octanol–water partition coefficient (Wildman–Crippen LogP) is 2.85. The average molecular weight is 466 g/mol. The molecular weight excluding hydrogens is 439 g/mol. The summed E-state index contributed by atoms with van der Waals surface area (Å²) in [6.45, 7) is 3.53. The zero-order valence-electron chi connectivity index (χ0n) is 15.3. The molecule has 0 bridgehead atoms. The minimum absolute atomic E-state index is 0. The van der Waals surface area contributed by atoms with Crippen LogP contribution in [0.15, 0.2) is 59.6 Å². The quantitative estimate of drug-likeness (QED) is 0.334. The zero-order chi connectivity index (χ0) is 17.9. The van der Waals surface area contributed by atoms with E-state index in [0.29, 0.717) is 19.0 Å². The Bertz CT molecular complexity index is 704. The van der Waals surface area contributed by atoms with Crippen molar-refractivity contribution in [2.45, 2.75) is 26.4 Å². The Labute approximate surface area is 172 Å². The van der Waals surface area contributed by atoms with Gasteiger partial charge in [0.2, 0.25) is 5.91 Å². The highest BCUT2D eigenvalue weighted by Crippen LogP contribution is 2.08. The molecule has 26 heavy (non-hydrogen) atoms. The number of hydrogen-bond acceptors (Lipinski definition) is 2. The monoisotopic (exact) mass is 466 g/mol. The van der Waals surface area contributed by atoms with Crippen LogP contribution in [0.3, 0.4) is 0 Å². The minimum atomic E-state index is -0.0687. The van der Waals surface area contributed by atoms with Crippen molar-refractivity contribution in [1.29, 1.82) is 0 Å². The molecule has 0 saturated heterocycles. The van der Waals surface area contributed by atoms with E-state index in [0.717, 1.165) is 12.0 Å². The number of benzene rings is 2. The van der Waals surface area contributed by atoms with Crippen molar-refractivity contribution >= 4 is 35.8 Å². The van der Waals surface area contributed by atoms with Crippen LogP contribution in [0.2, 0.25) is 0 Å². The number of carbonyl (C=O) groups is 1. The van der Waals surface area contributed by atoms with Crippen molar-refractivity contribution < 1.29 is 4.79 Å². The van der Waals surface area contributed by atoms with Crippen LogP contribution in [0.4, 0.5) is 0 Å². The molecular formula is C20H27IN4O. The van der Waals surface area contributed by atoms with Gasteiger partial charge in [0.15, 0.2) is 5.96 Å². The molecule has 5 nitrogen and oxygen atoms in total. The summed E-state index contributed by atoms with van der Waals surface area (Å²) in [6, 6.07) is 18.2. The molecule has 0 radical (unpaired) electrons. The maximum Gasteiger partial charge on any atom is 0.239 e. The fourth-order valence-corrected chi connectivity index (χ4v) is 2.50. The van der Waals surface area contributed by atoms with E-state index in [1.807, 2.05) is 42.5 Å². The highest BCUT2D eigenvalue weighted by Gasteiger charge is 2.05. The number of guanidine groups is 1. The lowest BCUT2D eigenvalue weighted by molar-refractivity contribution is -0.120. The van der Waals surface area contributed by atoms with Gasteiger partial charge in [-0.15, -0.1) is 24.0 Å². The molecule has 2 aromatic rings.